The number of methoxy groups -OCH3 is 2. The highest BCUT2D eigenvalue weighted by Crippen LogP contribution is 2.26. The number of hydrogen-bond donors (Lipinski definition) is 2. The number of nitrogens with zero attached hydrogens (tertiary/aromatic N) is 3. The first-order valence-electron chi connectivity index (χ1n) is 5.57. The van der Waals surface area contributed by atoms with E-state index < -0.39 is 0 Å². The van der Waals surface area contributed by atoms with Crippen LogP contribution in [0.25, 0.3) is 0 Å². The monoisotopic (exact) mass is 261 g/mol. The van der Waals surface area contributed by atoms with E-state index in [1.807, 2.05) is 6.07 Å². The van der Waals surface area contributed by atoms with E-state index in [2.05, 4.69) is 15.0 Å². The minimum Gasteiger partial charge on any atom is -0.491 e. The zero-order valence-electron chi connectivity index (χ0n) is 10.8. The molecule has 0 saturated carbocycles. The summed E-state index contributed by atoms with van der Waals surface area (Å²) in [6, 6.07) is 1.83. The van der Waals surface area contributed by atoms with Crippen molar-refractivity contribution < 1.29 is 9.47 Å². The van der Waals surface area contributed by atoms with Gasteiger partial charge in [0.05, 0.1) is 14.2 Å². The molecule has 0 aliphatic rings. The first-order valence-corrected chi connectivity index (χ1v) is 5.57. The molecule has 2 rings (SSSR count). The van der Waals surface area contributed by atoms with Crippen LogP contribution in [-0.2, 0) is 6.42 Å². The average molecular weight is 261 g/mol. The van der Waals surface area contributed by atoms with Crippen LogP contribution in [-0.4, -0.2) is 29.2 Å². The molecule has 7 heteroatoms. The third-order valence-corrected chi connectivity index (χ3v) is 2.60. The second-order valence-electron chi connectivity index (χ2n) is 3.87. The summed E-state index contributed by atoms with van der Waals surface area (Å²) in [7, 11) is 3.10. The van der Waals surface area contributed by atoms with Gasteiger partial charge in [-0.15, -0.1) is 0 Å². The summed E-state index contributed by atoms with van der Waals surface area (Å²) in [4.78, 5) is 12.0. The minimum absolute atomic E-state index is 0.159. The maximum absolute atomic E-state index is 5.79. The second-order valence-corrected chi connectivity index (χ2v) is 3.87. The van der Waals surface area contributed by atoms with E-state index in [1.165, 1.54) is 7.11 Å². The van der Waals surface area contributed by atoms with E-state index in [-0.39, 0.29) is 5.95 Å². The Bertz CT molecular complexity index is 588. The van der Waals surface area contributed by atoms with Gasteiger partial charge in [-0.1, -0.05) is 0 Å². The summed E-state index contributed by atoms with van der Waals surface area (Å²) < 4.78 is 10.3. The SMILES string of the molecule is COc1cc(Cc2cnc(N)nc2N)cnc1OC. The van der Waals surface area contributed by atoms with Gasteiger partial charge in [0.2, 0.25) is 5.95 Å². The zero-order chi connectivity index (χ0) is 13.8. The highest BCUT2D eigenvalue weighted by atomic mass is 16.5. The maximum atomic E-state index is 5.79. The number of nitrogen functional groups attached to an aromatic ring is 2. The van der Waals surface area contributed by atoms with Crippen molar-refractivity contribution in [3.63, 3.8) is 0 Å². The molecule has 2 heterocycles. The second kappa shape index (κ2) is 5.38. The van der Waals surface area contributed by atoms with Crippen molar-refractivity contribution in [1.82, 2.24) is 15.0 Å². The largest absolute Gasteiger partial charge is 0.491 e. The van der Waals surface area contributed by atoms with Crippen molar-refractivity contribution in [2.24, 2.45) is 0 Å². The van der Waals surface area contributed by atoms with Gasteiger partial charge in [-0.05, 0) is 11.6 Å². The third-order valence-electron chi connectivity index (χ3n) is 2.60. The van der Waals surface area contributed by atoms with Gasteiger partial charge in [0.15, 0.2) is 5.75 Å². The Hall–Kier alpha value is -2.57. The Balaban J connectivity index is 2.28. The van der Waals surface area contributed by atoms with Gasteiger partial charge in [0.25, 0.3) is 5.88 Å². The molecule has 0 saturated heterocycles. The fourth-order valence-electron chi connectivity index (χ4n) is 1.66. The van der Waals surface area contributed by atoms with Crippen molar-refractivity contribution in [3.05, 3.63) is 29.6 Å². The fraction of sp³-hybridized carbons (Fsp3) is 0.250. The molecule has 0 atom stereocenters. The maximum Gasteiger partial charge on any atom is 0.256 e. The molecule has 7 nitrogen and oxygen atoms in total. The van der Waals surface area contributed by atoms with Crippen LogP contribution in [0.3, 0.4) is 0 Å². The molecule has 0 aliphatic carbocycles. The molecule has 0 amide bonds. The lowest BCUT2D eigenvalue weighted by atomic mass is 10.1. The smallest absolute Gasteiger partial charge is 0.256 e. The van der Waals surface area contributed by atoms with Crippen molar-refractivity contribution in [2.45, 2.75) is 6.42 Å². The van der Waals surface area contributed by atoms with Crippen molar-refractivity contribution in [2.75, 3.05) is 25.7 Å². The fourth-order valence-corrected chi connectivity index (χ4v) is 1.66. The average Bonchev–Trinajstić information content (AvgIpc) is 2.41. The molecule has 0 aromatic carbocycles. The van der Waals surface area contributed by atoms with Gasteiger partial charge in [0, 0.05) is 24.4 Å². The van der Waals surface area contributed by atoms with Crippen molar-refractivity contribution in [1.29, 1.82) is 0 Å². The van der Waals surface area contributed by atoms with Gasteiger partial charge in [-0.25, -0.2) is 9.97 Å². The number of anilines is 2. The molecule has 4 N–H and O–H groups in total. The molecule has 0 radical (unpaired) electrons. The van der Waals surface area contributed by atoms with E-state index in [1.54, 1.807) is 19.5 Å². The number of nitrogens with two attached hydrogens (primary N) is 2. The molecular weight excluding hydrogens is 246 g/mol. The Morgan fingerprint density at radius 1 is 1.11 bits per heavy atom. The first kappa shape index (κ1) is 12.9. The molecule has 0 aliphatic heterocycles. The normalized spacial score (nSPS) is 10.2. The van der Waals surface area contributed by atoms with Crippen LogP contribution in [0.4, 0.5) is 11.8 Å². The summed E-state index contributed by atoms with van der Waals surface area (Å²) in [5.41, 5.74) is 12.9. The topological polar surface area (TPSA) is 109 Å². The Morgan fingerprint density at radius 2 is 1.89 bits per heavy atom. The molecule has 0 spiro atoms. The van der Waals surface area contributed by atoms with E-state index >= 15 is 0 Å². The molecule has 19 heavy (non-hydrogen) atoms. The molecule has 0 unspecified atom stereocenters. The lowest BCUT2D eigenvalue weighted by Gasteiger charge is -2.09. The number of pyridine rings is 1. The van der Waals surface area contributed by atoms with Crippen LogP contribution in [0.2, 0.25) is 0 Å². The lowest BCUT2D eigenvalue weighted by molar-refractivity contribution is 0.342. The van der Waals surface area contributed by atoms with Gasteiger partial charge >= 0.3 is 0 Å². The Kier molecular flexibility index (Phi) is 3.65. The van der Waals surface area contributed by atoms with Crippen LogP contribution in [0.1, 0.15) is 11.1 Å². The molecule has 100 valence electrons. The molecular formula is C12H15N5O2. The van der Waals surface area contributed by atoms with Crippen LogP contribution >= 0.6 is 0 Å². The van der Waals surface area contributed by atoms with E-state index in [0.717, 1.165) is 11.1 Å². The van der Waals surface area contributed by atoms with Crippen LogP contribution in [0.5, 0.6) is 11.6 Å². The van der Waals surface area contributed by atoms with E-state index in [9.17, 15) is 0 Å². The third kappa shape index (κ3) is 2.82. The zero-order valence-corrected chi connectivity index (χ0v) is 10.8. The Labute approximate surface area is 110 Å². The van der Waals surface area contributed by atoms with Gasteiger partial charge < -0.3 is 20.9 Å². The lowest BCUT2D eigenvalue weighted by Crippen LogP contribution is -2.04. The van der Waals surface area contributed by atoms with Crippen molar-refractivity contribution in [3.8, 4) is 11.6 Å². The van der Waals surface area contributed by atoms with E-state index in [0.29, 0.717) is 23.9 Å². The van der Waals surface area contributed by atoms with Gasteiger partial charge in [-0.2, -0.15) is 4.98 Å². The number of hydrogen-bond acceptors (Lipinski definition) is 7. The standard InChI is InChI=1S/C12H15N5O2/c1-18-9-4-7(5-15-11(9)19-2)3-8-6-16-12(14)17-10(8)13/h4-6H,3H2,1-2H3,(H4,13,14,16,17). The number of aromatic nitrogens is 3. The summed E-state index contributed by atoms with van der Waals surface area (Å²) in [5.74, 6) is 1.52. The van der Waals surface area contributed by atoms with Crippen LogP contribution in [0.15, 0.2) is 18.5 Å². The quantitative estimate of drug-likeness (QED) is 0.831. The molecule has 0 bridgehead atoms. The summed E-state index contributed by atoms with van der Waals surface area (Å²) in [5, 5.41) is 0. The highest BCUT2D eigenvalue weighted by Gasteiger charge is 2.09. The van der Waals surface area contributed by atoms with Crippen molar-refractivity contribution >= 4 is 11.8 Å². The predicted molar refractivity (Wildman–Crippen MR) is 71.0 cm³/mol. The summed E-state index contributed by atoms with van der Waals surface area (Å²) in [6.07, 6.45) is 3.84. The first-order chi connectivity index (χ1) is 9.13. The van der Waals surface area contributed by atoms with E-state index in [4.69, 9.17) is 20.9 Å². The van der Waals surface area contributed by atoms with Gasteiger partial charge in [0.1, 0.15) is 5.82 Å². The van der Waals surface area contributed by atoms with Crippen LogP contribution in [0, 0.1) is 0 Å². The summed E-state index contributed by atoms with van der Waals surface area (Å²) in [6.45, 7) is 0. The van der Waals surface area contributed by atoms with Gasteiger partial charge in [-0.3, -0.25) is 0 Å². The number of ether oxygens (including phenoxy) is 2. The predicted octanol–water partition coefficient (Wildman–Crippen LogP) is 0.644. The molecule has 2 aromatic rings. The highest BCUT2D eigenvalue weighted by molar-refractivity contribution is 5.45. The van der Waals surface area contributed by atoms with Crippen LogP contribution < -0.4 is 20.9 Å². The molecule has 0 fully saturated rings. The minimum atomic E-state index is 0.159. The summed E-state index contributed by atoms with van der Waals surface area (Å²) >= 11 is 0. The number of rotatable bonds is 4. The molecule has 2 aromatic heterocycles. The Morgan fingerprint density at radius 3 is 2.53 bits per heavy atom.